The molecule has 2 aliphatic carbocycles. The fourth-order valence-corrected chi connectivity index (χ4v) is 23.4. The van der Waals surface area contributed by atoms with Crippen molar-refractivity contribution in [1.82, 2.24) is 0 Å². The first-order chi connectivity index (χ1) is 64.5. The Bertz CT molecular complexity index is 9310. The topological polar surface area (TPSA) is 39.4 Å². The Morgan fingerprint density at radius 1 is 0.145 bits per heavy atom. The second kappa shape index (κ2) is 28.5. The highest BCUT2D eigenvalue weighted by molar-refractivity contribution is 6.26. The van der Waals surface area contributed by atoms with Crippen LogP contribution >= 0.6 is 0 Å². The Balaban J connectivity index is 0.000000135. The Hall–Kier alpha value is -16.5. The van der Waals surface area contributed by atoms with Crippen molar-refractivity contribution >= 4 is 152 Å². The number of hydrogen-bond donors (Lipinski definition) is 0. The van der Waals surface area contributed by atoms with E-state index < -0.39 is 0 Å². The number of benzene rings is 23. The van der Waals surface area contributed by atoms with Crippen LogP contribution in [-0.2, 0) is 10.8 Å². The van der Waals surface area contributed by atoms with Crippen molar-refractivity contribution in [3.05, 3.63) is 447 Å². The van der Waals surface area contributed by atoms with Crippen molar-refractivity contribution in [3.63, 3.8) is 0 Å². The van der Waals surface area contributed by atoms with Crippen molar-refractivity contribution in [2.75, 3.05) is 0 Å². The van der Waals surface area contributed by atoms with Crippen molar-refractivity contribution in [2.24, 2.45) is 0 Å². The van der Waals surface area contributed by atoms with E-state index in [2.05, 4.69) is 446 Å². The minimum Gasteiger partial charge on any atom is -0.456 e. The van der Waals surface area contributed by atoms with Crippen molar-refractivity contribution in [3.8, 4) is 111 Å². The van der Waals surface area contributed by atoms with Crippen LogP contribution in [-0.4, -0.2) is 0 Å². The van der Waals surface area contributed by atoms with Gasteiger partial charge in [-0.15, -0.1) is 0 Å². The van der Waals surface area contributed by atoms with Gasteiger partial charge in [-0.05, 0) is 293 Å². The van der Waals surface area contributed by atoms with Gasteiger partial charge in [0.05, 0.1) is 0 Å². The molecule has 131 heavy (non-hydrogen) atoms. The van der Waals surface area contributed by atoms with Gasteiger partial charge in [0.2, 0.25) is 0 Å². The van der Waals surface area contributed by atoms with Crippen LogP contribution < -0.4 is 0 Å². The lowest BCUT2D eigenvalue weighted by molar-refractivity contribution is 0.666. The van der Waals surface area contributed by atoms with Gasteiger partial charge in [-0.1, -0.05) is 373 Å². The lowest BCUT2D eigenvalue weighted by Crippen LogP contribution is -2.15. The second-order valence-electron chi connectivity index (χ2n) is 37.0. The normalized spacial score (nSPS) is 13.2. The smallest absolute Gasteiger partial charge is 0.143 e. The maximum atomic E-state index is 6.61. The van der Waals surface area contributed by atoms with E-state index in [0.717, 1.165) is 82.5 Å². The molecule has 0 saturated heterocycles. The van der Waals surface area contributed by atoms with Crippen molar-refractivity contribution in [1.29, 1.82) is 0 Å². The molecule has 2 aliphatic rings. The molecule has 0 fully saturated rings. The molecule has 3 heteroatoms. The molecule has 28 rings (SSSR count). The van der Waals surface area contributed by atoms with E-state index >= 15 is 0 Å². The van der Waals surface area contributed by atoms with Gasteiger partial charge < -0.3 is 13.3 Å². The van der Waals surface area contributed by atoms with Gasteiger partial charge in [0.25, 0.3) is 0 Å². The standard InChI is InChI=1S/C67H42O2.C61H40O/c1-67(2)58-32-29-39(37-57(58)64-48-20-5-3-17-45(48)46-18-4-10-25-53(46)65(64)67)40-30-33-60-55(36-40)56-38-43(31-34-61(56)68-60)63-51-23-8-6-21-49(51)62(50-22-7-9-24-52(50)63)42-16-13-15-41(35-42)44-26-14-27-54-47-19-11-12-28-59(47)69-66(44)54;1-61(2)54-30-27-39(35-53(54)59-45-21-8-6-19-43(45)44-20-7-13-26-50(44)60(59)61)40-28-31-55-51(34-40)52-36-42(29-32-56(52)62-55)58-48-24-11-9-22-46(48)57(47-23-10-12-25-49(47)58)41-18-14-17-38(33-41)37-15-4-3-5-16-37/h3-38H,1-2H3;3-36H,1-2H3. The zero-order valence-electron chi connectivity index (χ0n) is 72.6. The Kier molecular flexibility index (Phi) is 16.3. The number of para-hydroxylation sites is 2. The average molecular weight is 1670 g/mol. The summed E-state index contributed by atoms with van der Waals surface area (Å²) in [5, 5.41) is 27.1. The van der Waals surface area contributed by atoms with E-state index in [-0.39, 0.29) is 10.8 Å². The molecule has 0 saturated carbocycles. The SMILES string of the molecule is CC1(C)c2ccc(-c3ccc4oc5ccc(-c6c7ccccc7c(-c7cccc(-c8cccc9c8oc8ccccc89)c7)c7ccccc67)cc5c4c3)cc2-c2c1c1ccccc1c1ccccc21.CC1(C)c2ccc(-c3ccc4oc5ccc(-c6c7ccccc7c(-c7cccc(-c8ccccc8)c7)c7ccccc67)cc5c4c3)cc2-c2c1c1ccccc1c1ccccc21. The lowest BCUT2D eigenvalue weighted by Gasteiger charge is -2.24. The molecular formula is C128H82O3. The van der Waals surface area contributed by atoms with Gasteiger partial charge in [0.1, 0.15) is 33.5 Å². The third-order valence-electron chi connectivity index (χ3n) is 29.2. The zero-order chi connectivity index (χ0) is 86.6. The Morgan fingerprint density at radius 3 is 0.817 bits per heavy atom. The van der Waals surface area contributed by atoms with Crippen LogP contribution in [0.25, 0.3) is 263 Å². The largest absolute Gasteiger partial charge is 0.456 e. The number of hydrogen-bond acceptors (Lipinski definition) is 3. The maximum absolute atomic E-state index is 6.61. The Morgan fingerprint density at radius 2 is 0.405 bits per heavy atom. The van der Waals surface area contributed by atoms with Gasteiger partial charge in [-0.3, -0.25) is 0 Å². The molecule has 23 aromatic carbocycles. The second-order valence-corrected chi connectivity index (χ2v) is 37.0. The predicted molar refractivity (Wildman–Crippen MR) is 553 cm³/mol. The predicted octanol–water partition coefficient (Wildman–Crippen LogP) is 36.2. The molecule has 26 aromatic rings. The molecule has 0 atom stereocenters. The van der Waals surface area contributed by atoms with E-state index in [0.29, 0.717) is 0 Å². The van der Waals surface area contributed by atoms with Crippen LogP contribution in [0.4, 0.5) is 0 Å². The third kappa shape index (κ3) is 11.2. The van der Waals surface area contributed by atoms with Crippen LogP contribution in [0.1, 0.15) is 49.9 Å². The summed E-state index contributed by atoms with van der Waals surface area (Å²) in [5.74, 6) is 0. The monoisotopic (exact) mass is 1670 g/mol. The first-order valence-electron chi connectivity index (χ1n) is 45.6. The quantitative estimate of drug-likeness (QED) is 0.112. The molecule has 0 unspecified atom stereocenters. The van der Waals surface area contributed by atoms with Gasteiger partial charge in [0.15, 0.2) is 0 Å². The van der Waals surface area contributed by atoms with Gasteiger partial charge in [-0.25, -0.2) is 0 Å². The van der Waals surface area contributed by atoms with Gasteiger partial charge in [-0.2, -0.15) is 0 Å². The highest BCUT2D eigenvalue weighted by atomic mass is 16.3. The molecule has 0 aliphatic heterocycles. The summed E-state index contributed by atoms with van der Waals surface area (Å²) in [6, 6.07) is 156. The summed E-state index contributed by atoms with van der Waals surface area (Å²) in [6.45, 7) is 9.57. The van der Waals surface area contributed by atoms with E-state index in [4.69, 9.17) is 13.3 Å². The first-order valence-corrected chi connectivity index (χ1v) is 45.6. The number of furan rings is 3. The molecule has 0 spiro atoms. The highest BCUT2D eigenvalue weighted by Gasteiger charge is 2.41. The molecule has 612 valence electrons. The summed E-state index contributed by atoms with van der Waals surface area (Å²) in [4.78, 5) is 0. The van der Waals surface area contributed by atoms with Crippen LogP contribution in [0, 0.1) is 0 Å². The fraction of sp³-hybridized carbons (Fsp3) is 0.0469. The minimum atomic E-state index is -0.143. The van der Waals surface area contributed by atoms with Crippen LogP contribution in [0.5, 0.6) is 0 Å². The van der Waals surface area contributed by atoms with Gasteiger partial charge >= 0.3 is 0 Å². The fourth-order valence-electron chi connectivity index (χ4n) is 23.4. The molecule has 0 amide bonds. The van der Waals surface area contributed by atoms with E-state index in [1.165, 1.54) is 203 Å². The molecule has 3 aromatic heterocycles. The lowest BCUT2D eigenvalue weighted by atomic mass is 9.79. The molecular weight excluding hydrogens is 1590 g/mol. The minimum absolute atomic E-state index is 0.132. The zero-order valence-corrected chi connectivity index (χ0v) is 72.6. The first kappa shape index (κ1) is 74.8. The molecule has 3 heterocycles. The maximum Gasteiger partial charge on any atom is 0.143 e. The Labute approximate surface area is 756 Å². The van der Waals surface area contributed by atoms with Crippen LogP contribution in [0.2, 0.25) is 0 Å². The summed E-state index contributed by atoms with van der Waals surface area (Å²) in [6.07, 6.45) is 0. The van der Waals surface area contributed by atoms with Crippen LogP contribution in [0.15, 0.2) is 438 Å². The molecule has 0 radical (unpaired) electrons. The van der Waals surface area contributed by atoms with Crippen molar-refractivity contribution < 1.29 is 13.3 Å². The third-order valence-corrected chi connectivity index (χ3v) is 29.2. The number of rotatable bonds is 8. The van der Waals surface area contributed by atoms with Crippen molar-refractivity contribution in [2.45, 2.75) is 38.5 Å². The average Bonchev–Trinajstić information content (AvgIpc) is 1.57. The summed E-state index contributed by atoms with van der Waals surface area (Å²) in [5.41, 5.74) is 35.2. The summed E-state index contributed by atoms with van der Waals surface area (Å²) in [7, 11) is 0. The van der Waals surface area contributed by atoms with E-state index in [1.807, 2.05) is 6.07 Å². The van der Waals surface area contributed by atoms with Gasteiger partial charge in [0, 0.05) is 48.7 Å². The summed E-state index contributed by atoms with van der Waals surface area (Å²) < 4.78 is 19.7. The molecule has 0 bridgehead atoms. The van der Waals surface area contributed by atoms with E-state index in [9.17, 15) is 0 Å². The van der Waals surface area contributed by atoms with Crippen LogP contribution in [0.3, 0.4) is 0 Å². The number of fused-ring (bicyclic) bond motifs is 29. The summed E-state index contributed by atoms with van der Waals surface area (Å²) >= 11 is 0. The molecule has 3 nitrogen and oxygen atoms in total. The highest BCUT2D eigenvalue weighted by Crippen LogP contribution is 2.59. The van der Waals surface area contributed by atoms with E-state index in [1.54, 1.807) is 0 Å². The molecule has 0 N–H and O–H groups in total.